The van der Waals surface area contributed by atoms with Gasteiger partial charge in [0.15, 0.2) is 0 Å². The number of hydrogen-bond donors (Lipinski definition) is 1. The van der Waals surface area contributed by atoms with E-state index >= 15 is 0 Å². The molecule has 0 aliphatic rings. The quantitative estimate of drug-likeness (QED) is 0.109. The summed E-state index contributed by atoms with van der Waals surface area (Å²) in [4.78, 5) is 46.2. The van der Waals surface area contributed by atoms with E-state index in [0.717, 1.165) is 25.7 Å². The summed E-state index contributed by atoms with van der Waals surface area (Å²) in [6.07, 6.45) is 13.6. The average Bonchev–Trinajstić information content (AvgIpc) is 2.99. The highest BCUT2D eigenvalue weighted by Crippen LogP contribution is 2.14. The lowest BCUT2D eigenvalue weighted by Crippen LogP contribution is -2.15. The molecule has 0 aliphatic heterocycles. The van der Waals surface area contributed by atoms with E-state index in [2.05, 4.69) is 18.6 Å². The van der Waals surface area contributed by atoms with Crippen LogP contribution in [0, 0.1) is 0 Å². The number of carboxylic acid groups (broad SMARTS) is 1. The van der Waals surface area contributed by atoms with Gasteiger partial charge in [0.25, 0.3) is 0 Å². The van der Waals surface area contributed by atoms with E-state index < -0.39 is 23.9 Å². The SMILES string of the molecule is CCCCCCCCOC(=O)c1ccccc1C(=O)OCCCCCCCC.COC(=O)c1cccc(C(=O)O)c1. The van der Waals surface area contributed by atoms with Gasteiger partial charge in [0, 0.05) is 0 Å². The topological polar surface area (TPSA) is 116 Å². The maximum Gasteiger partial charge on any atom is 0.339 e. The first-order valence-corrected chi connectivity index (χ1v) is 14.7. The van der Waals surface area contributed by atoms with Crippen LogP contribution in [0.4, 0.5) is 0 Å². The molecule has 2 rings (SSSR count). The van der Waals surface area contributed by atoms with Gasteiger partial charge in [-0.05, 0) is 43.2 Å². The van der Waals surface area contributed by atoms with Crippen LogP contribution in [0.5, 0.6) is 0 Å². The van der Waals surface area contributed by atoms with E-state index in [9.17, 15) is 19.2 Å². The van der Waals surface area contributed by atoms with E-state index in [0.29, 0.717) is 24.3 Å². The Morgan fingerprint density at radius 1 is 0.585 bits per heavy atom. The molecule has 0 unspecified atom stereocenters. The number of carbonyl (C=O) groups excluding carboxylic acids is 3. The van der Waals surface area contributed by atoms with E-state index in [-0.39, 0.29) is 11.1 Å². The van der Waals surface area contributed by atoms with Crippen molar-refractivity contribution >= 4 is 23.9 Å². The highest BCUT2D eigenvalue weighted by Gasteiger charge is 2.18. The second kappa shape index (κ2) is 22.1. The molecule has 226 valence electrons. The number of ether oxygens (including phenoxy) is 3. The van der Waals surface area contributed by atoms with Gasteiger partial charge in [0.05, 0.1) is 42.6 Å². The first-order chi connectivity index (χ1) is 19.8. The minimum absolute atomic E-state index is 0.0721. The van der Waals surface area contributed by atoms with Crippen LogP contribution >= 0.6 is 0 Å². The Kier molecular flexibility index (Phi) is 19.0. The highest BCUT2D eigenvalue weighted by atomic mass is 16.5. The lowest BCUT2D eigenvalue weighted by molar-refractivity contribution is 0.0450. The minimum atomic E-state index is -1.06. The smallest absolute Gasteiger partial charge is 0.339 e. The number of methoxy groups -OCH3 is 1. The van der Waals surface area contributed by atoms with Crippen LogP contribution in [0.1, 0.15) is 132 Å². The van der Waals surface area contributed by atoms with Gasteiger partial charge in [-0.15, -0.1) is 0 Å². The predicted molar refractivity (Wildman–Crippen MR) is 158 cm³/mol. The molecule has 0 atom stereocenters. The Morgan fingerprint density at radius 2 is 1.02 bits per heavy atom. The fourth-order valence-corrected chi connectivity index (χ4v) is 3.99. The zero-order chi connectivity index (χ0) is 30.3. The first kappa shape index (κ1) is 35.3. The van der Waals surface area contributed by atoms with E-state index in [4.69, 9.17) is 14.6 Å². The molecule has 0 bridgehead atoms. The summed E-state index contributed by atoms with van der Waals surface area (Å²) in [5.74, 6) is -2.49. The van der Waals surface area contributed by atoms with Crippen LogP contribution in [-0.2, 0) is 14.2 Å². The minimum Gasteiger partial charge on any atom is -0.478 e. The Bertz CT molecular complexity index is 1010. The van der Waals surface area contributed by atoms with Crippen molar-refractivity contribution in [1.29, 1.82) is 0 Å². The van der Waals surface area contributed by atoms with Gasteiger partial charge in [-0.1, -0.05) is 96.3 Å². The zero-order valence-electron chi connectivity index (χ0n) is 24.8. The molecular formula is C33H46O8. The Morgan fingerprint density at radius 3 is 1.46 bits per heavy atom. The van der Waals surface area contributed by atoms with Crippen LogP contribution in [0.15, 0.2) is 48.5 Å². The number of benzene rings is 2. The number of carbonyl (C=O) groups is 4. The van der Waals surface area contributed by atoms with Crippen LogP contribution in [-0.4, -0.2) is 49.3 Å². The molecule has 0 fully saturated rings. The highest BCUT2D eigenvalue weighted by molar-refractivity contribution is 6.03. The second-order valence-corrected chi connectivity index (χ2v) is 9.73. The molecule has 0 saturated heterocycles. The summed E-state index contributed by atoms with van der Waals surface area (Å²) in [5, 5.41) is 8.61. The fraction of sp³-hybridized carbons (Fsp3) is 0.515. The molecule has 0 saturated carbocycles. The summed E-state index contributed by atoms with van der Waals surface area (Å²) in [7, 11) is 1.25. The summed E-state index contributed by atoms with van der Waals surface area (Å²) in [6, 6.07) is 12.4. The second-order valence-electron chi connectivity index (χ2n) is 9.73. The largest absolute Gasteiger partial charge is 0.478 e. The summed E-state index contributed by atoms with van der Waals surface area (Å²) < 4.78 is 15.2. The monoisotopic (exact) mass is 570 g/mol. The third-order valence-electron chi connectivity index (χ3n) is 6.36. The molecule has 1 N–H and O–H groups in total. The van der Waals surface area contributed by atoms with Gasteiger partial charge in [-0.2, -0.15) is 0 Å². The van der Waals surface area contributed by atoms with Crippen LogP contribution in [0.25, 0.3) is 0 Å². The van der Waals surface area contributed by atoms with Crippen LogP contribution in [0.3, 0.4) is 0 Å². The third kappa shape index (κ3) is 15.0. The van der Waals surface area contributed by atoms with E-state index in [1.807, 2.05) is 0 Å². The van der Waals surface area contributed by atoms with Crippen molar-refractivity contribution in [3.63, 3.8) is 0 Å². The molecule has 0 radical (unpaired) electrons. The standard InChI is InChI=1S/C24H38O4.C9H8O4/c1-3-5-7-9-11-15-19-27-23(25)21-17-13-14-18-22(21)24(26)28-20-16-12-10-8-6-4-2;1-13-9(12)7-4-2-3-6(5-7)8(10)11/h13-14,17-18H,3-12,15-16,19-20H2,1-2H3;2-5H,1H3,(H,10,11). The Hall–Kier alpha value is -3.68. The number of hydrogen-bond acceptors (Lipinski definition) is 7. The van der Waals surface area contributed by atoms with Crippen molar-refractivity contribution in [2.75, 3.05) is 20.3 Å². The number of esters is 3. The Labute approximate surface area is 244 Å². The first-order valence-electron chi connectivity index (χ1n) is 14.7. The van der Waals surface area contributed by atoms with Crippen molar-refractivity contribution < 1.29 is 38.5 Å². The zero-order valence-corrected chi connectivity index (χ0v) is 24.8. The molecular weight excluding hydrogens is 524 g/mol. The molecule has 0 heterocycles. The maximum atomic E-state index is 12.4. The lowest BCUT2D eigenvalue weighted by atomic mass is 10.1. The van der Waals surface area contributed by atoms with Crippen LogP contribution in [0.2, 0.25) is 0 Å². The number of carboxylic acids is 1. The maximum absolute atomic E-state index is 12.4. The van der Waals surface area contributed by atoms with Crippen molar-refractivity contribution in [2.24, 2.45) is 0 Å². The van der Waals surface area contributed by atoms with Gasteiger partial charge >= 0.3 is 23.9 Å². The van der Waals surface area contributed by atoms with Crippen molar-refractivity contribution in [3.05, 3.63) is 70.8 Å². The van der Waals surface area contributed by atoms with Crippen molar-refractivity contribution in [3.8, 4) is 0 Å². The number of unbranched alkanes of at least 4 members (excludes halogenated alkanes) is 10. The molecule has 0 spiro atoms. The average molecular weight is 571 g/mol. The molecule has 2 aromatic carbocycles. The Balaban J connectivity index is 0.000000537. The number of rotatable bonds is 18. The summed E-state index contributed by atoms with van der Waals surface area (Å²) in [6.45, 7) is 5.17. The molecule has 41 heavy (non-hydrogen) atoms. The molecule has 0 amide bonds. The predicted octanol–water partition coefficient (Wildman–Crippen LogP) is 7.89. The fourth-order valence-electron chi connectivity index (χ4n) is 3.99. The molecule has 8 nitrogen and oxygen atoms in total. The van der Waals surface area contributed by atoms with Gasteiger partial charge in [-0.3, -0.25) is 0 Å². The van der Waals surface area contributed by atoms with Gasteiger partial charge < -0.3 is 19.3 Å². The molecule has 2 aromatic rings. The third-order valence-corrected chi connectivity index (χ3v) is 6.36. The molecule has 0 aliphatic carbocycles. The summed E-state index contributed by atoms with van der Waals surface area (Å²) in [5.41, 5.74) is 0.896. The van der Waals surface area contributed by atoms with Crippen LogP contribution < -0.4 is 0 Å². The molecule has 0 aromatic heterocycles. The van der Waals surface area contributed by atoms with Gasteiger partial charge in [-0.25, -0.2) is 19.2 Å². The van der Waals surface area contributed by atoms with Crippen molar-refractivity contribution in [2.45, 2.75) is 90.9 Å². The summed E-state index contributed by atoms with van der Waals surface area (Å²) >= 11 is 0. The normalized spacial score (nSPS) is 10.2. The lowest BCUT2D eigenvalue weighted by Gasteiger charge is -2.10. The van der Waals surface area contributed by atoms with Crippen molar-refractivity contribution in [1.82, 2.24) is 0 Å². The van der Waals surface area contributed by atoms with Gasteiger partial charge in [0.2, 0.25) is 0 Å². The van der Waals surface area contributed by atoms with Gasteiger partial charge in [0.1, 0.15) is 0 Å². The van der Waals surface area contributed by atoms with E-state index in [1.165, 1.54) is 82.7 Å². The molecule has 8 heteroatoms. The van der Waals surface area contributed by atoms with E-state index in [1.54, 1.807) is 24.3 Å². The number of aromatic carboxylic acids is 1.